The number of aromatic nitrogens is 1. The second-order valence-electron chi connectivity index (χ2n) is 6.74. The van der Waals surface area contributed by atoms with Gasteiger partial charge in [-0.05, 0) is 57.0 Å². The first-order chi connectivity index (χ1) is 14.3. The third-order valence-corrected chi connectivity index (χ3v) is 4.60. The number of hydrogen-bond acceptors (Lipinski definition) is 7. The number of ether oxygens (including phenoxy) is 4. The first-order valence-electron chi connectivity index (χ1n) is 9.56. The summed E-state index contributed by atoms with van der Waals surface area (Å²) in [5, 5.41) is 0. The molecule has 0 unspecified atom stereocenters. The molecule has 0 aliphatic rings. The van der Waals surface area contributed by atoms with Gasteiger partial charge in [0.2, 0.25) is 5.78 Å². The zero-order chi connectivity index (χ0) is 22.3. The molecule has 0 bridgehead atoms. The Labute approximate surface area is 175 Å². The van der Waals surface area contributed by atoms with Gasteiger partial charge in [-0.1, -0.05) is 0 Å². The molecule has 162 valence electrons. The van der Waals surface area contributed by atoms with Gasteiger partial charge in [-0.3, -0.25) is 9.59 Å². The zero-order valence-corrected chi connectivity index (χ0v) is 17.9. The number of Topliss-reactive ketones (excluding diaryl/α,β-unsaturated/α-hetero) is 1. The molecule has 2 aromatic rings. The van der Waals surface area contributed by atoms with E-state index in [1.54, 1.807) is 45.2 Å². The van der Waals surface area contributed by atoms with Gasteiger partial charge in [-0.25, -0.2) is 4.79 Å². The fourth-order valence-corrected chi connectivity index (χ4v) is 3.00. The average Bonchev–Trinajstić information content (AvgIpc) is 3.04. The largest absolute Gasteiger partial charge is 0.497 e. The lowest BCUT2D eigenvalue weighted by Crippen LogP contribution is -2.25. The molecule has 8 nitrogen and oxygen atoms in total. The number of nitrogens with one attached hydrogen (secondary N) is 1. The number of rotatable bonds is 10. The molecular formula is C22H27NO7. The summed E-state index contributed by atoms with van der Waals surface area (Å²) in [5.74, 6) is -0.0267. The summed E-state index contributed by atoms with van der Waals surface area (Å²) in [6.07, 6.45) is -0.426. The summed E-state index contributed by atoms with van der Waals surface area (Å²) in [6, 6.07) is 7.13. The van der Waals surface area contributed by atoms with E-state index in [0.717, 1.165) is 5.75 Å². The van der Waals surface area contributed by atoms with Crippen molar-refractivity contribution in [3.63, 3.8) is 0 Å². The van der Waals surface area contributed by atoms with Gasteiger partial charge in [0.15, 0.2) is 6.10 Å². The molecule has 30 heavy (non-hydrogen) atoms. The summed E-state index contributed by atoms with van der Waals surface area (Å²) in [4.78, 5) is 39.5. The molecule has 0 fully saturated rings. The Kier molecular flexibility index (Phi) is 8.03. The Balaban J connectivity index is 1.83. The Bertz CT molecular complexity index is 899. The Morgan fingerprint density at radius 2 is 1.67 bits per heavy atom. The van der Waals surface area contributed by atoms with E-state index >= 15 is 0 Å². The molecule has 0 saturated carbocycles. The van der Waals surface area contributed by atoms with Crippen molar-refractivity contribution in [2.24, 2.45) is 0 Å². The maximum Gasteiger partial charge on any atom is 0.339 e. The molecule has 8 heteroatoms. The number of benzene rings is 1. The molecule has 1 atom stereocenters. The maximum atomic E-state index is 12.6. The Morgan fingerprint density at radius 1 is 1.03 bits per heavy atom. The van der Waals surface area contributed by atoms with Crippen LogP contribution in [0.4, 0.5) is 0 Å². The molecular weight excluding hydrogens is 390 g/mol. The van der Waals surface area contributed by atoms with Gasteiger partial charge in [0.1, 0.15) is 11.5 Å². The minimum Gasteiger partial charge on any atom is -0.497 e. The summed E-state index contributed by atoms with van der Waals surface area (Å²) >= 11 is 0. The van der Waals surface area contributed by atoms with Crippen LogP contribution in [0, 0.1) is 13.8 Å². The Morgan fingerprint density at radius 3 is 2.27 bits per heavy atom. The first-order valence-corrected chi connectivity index (χ1v) is 9.56. The number of H-pyrrole nitrogens is 1. The zero-order valence-electron chi connectivity index (χ0n) is 17.9. The van der Waals surface area contributed by atoms with Crippen LogP contribution in [0.2, 0.25) is 0 Å². The number of aryl methyl sites for hydroxylation is 1. The van der Waals surface area contributed by atoms with Gasteiger partial charge in [-0.2, -0.15) is 0 Å². The van der Waals surface area contributed by atoms with E-state index in [1.807, 2.05) is 0 Å². The predicted molar refractivity (Wildman–Crippen MR) is 109 cm³/mol. The number of hydrogen-bond donors (Lipinski definition) is 1. The van der Waals surface area contributed by atoms with E-state index in [2.05, 4.69) is 4.98 Å². The first kappa shape index (κ1) is 23.0. The lowest BCUT2D eigenvalue weighted by atomic mass is 10.1. The quantitative estimate of drug-likeness (QED) is 0.359. The number of carbonyl (C=O) groups excluding carboxylic acids is 3. The van der Waals surface area contributed by atoms with Crippen molar-refractivity contribution in [2.75, 3.05) is 20.8 Å². The van der Waals surface area contributed by atoms with Crippen LogP contribution in [-0.2, 0) is 14.3 Å². The normalized spacial score (nSPS) is 11.5. The molecule has 2 rings (SSSR count). The molecule has 0 amide bonds. The number of methoxy groups -OCH3 is 2. The van der Waals surface area contributed by atoms with Crippen LogP contribution in [0.1, 0.15) is 51.9 Å². The summed E-state index contributed by atoms with van der Waals surface area (Å²) < 4.78 is 20.6. The molecule has 0 saturated heterocycles. The second-order valence-corrected chi connectivity index (χ2v) is 6.74. The lowest BCUT2D eigenvalue weighted by molar-refractivity contribution is -0.146. The number of esters is 2. The van der Waals surface area contributed by atoms with Crippen molar-refractivity contribution in [3.05, 3.63) is 46.8 Å². The van der Waals surface area contributed by atoms with Gasteiger partial charge < -0.3 is 23.9 Å². The summed E-state index contributed by atoms with van der Waals surface area (Å²) in [6.45, 7) is 5.16. The molecule has 1 aromatic carbocycles. The summed E-state index contributed by atoms with van der Waals surface area (Å²) in [7, 11) is 2.86. The van der Waals surface area contributed by atoms with E-state index in [-0.39, 0.29) is 12.1 Å². The van der Waals surface area contributed by atoms with E-state index in [4.69, 9.17) is 18.9 Å². The monoisotopic (exact) mass is 417 g/mol. The van der Waals surface area contributed by atoms with Crippen molar-refractivity contribution < 1.29 is 33.3 Å². The van der Waals surface area contributed by atoms with Crippen LogP contribution < -0.4 is 9.47 Å². The molecule has 1 heterocycles. The van der Waals surface area contributed by atoms with Crippen LogP contribution in [0.25, 0.3) is 0 Å². The van der Waals surface area contributed by atoms with Crippen molar-refractivity contribution in [1.29, 1.82) is 0 Å². The highest BCUT2D eigenvalue weighted by molar-refractivity contribution is 6.03. The molecule has 1 N–H and O–H groups in total. The average molecular weight is 417 g/mol. The van der Waals surface area contributed by atoms with Crippen LogP contribution in [0.15, 0.2) is 24.3 Å². The van der Waals surface area contributed by atoms with Gasteiger partial charge in [0.25, 0.3) is 0 Å². The van der Waals surface area contributed by atoms with E-state index in [0.29, 0.717) is 35.6 Å². The van der Waals surface area contributed by atoms with Gasteiger partial charge in [0, 0.05) is 12.1 Å². The van der Waals surface area contributed by atoms with Crippen molar-refractivity contribution >= 4 is 17.7 Å². The number of aromatic amines is 1. The van der Waals surface area contributed by atoms with E-state index < -0.39 is 23.8 Å². The van der Waals surface area contributed by atoms with Crippen LogP contribution in [-0.4, -0.2) is 49.6 Å². The maximum absolute atomic E-state index is 12.6. The molecule has 0 spiro atoms. The minimum absolute atomic E-state index is 0.115. The van der Waals surface area contributed by atoms with E-state index in [1.165, 1.54) is 14.0 Å². The van der Waals surface area contributed by atoms with Gasteiger partial charge >= 0.3 is 11.9 Å². The van der Waals surface area contributed by atoms with Crippen LogP contribution in [0.3, 0.4) is 0 Å². The molecule has 0 aliphatic heterocycles. The van der Waals surface area contributed by atoms with Crippen molar-refractivity contribution in [3.8, 4) is 11.5 Å². The SMILES string of the molecule is COC(=O)c1c(C)[nH]c(C(=O)[C@H](C)OC(=O)CCCOc2ccc(OC)cc2)c1C. The predicted octanol–water partition coefficient (Wildman–Crippen LogP) is 3.40. The highest BCUT2D eigenvalue weighted by Gasteiger charge is 2.27. The lowest BCUT2D eigenvalue weighted by Gasteiger charge is -2.12. The standard InChI is InChI=1S/C22H27NO7/c1-13-19(22(26)28-5)14(2)23-20(13)21(25)15(3)30-18(24)7-6-12-29-17-10-8-16(27-4)9-11-17/h8-11,15,23H,6-7,12H2,1-5H3/t15-/m0/s1. The molecule has 0 aliphatic carbocycles. The molecule has 1 aromatic heterocycles. The van der Waals surface area contributed by atoms with Crippen LogP contribution in [0.5, 0.6) is 11.5 Å². The second kappa shape index (κ2) is 10.5. The highest BCUT2D eigenvalue weighted by Crippen LogP contribution is 2.21. The third-order valence-electron chi connectivity index (χ3n) is 4.60. The third kappa shape index (κ3) is 5.62. The smallest absolute Gasteiger partial charge is 0.339 e. The van der Waals surface area contributed by atoms with Crippen molar-refractivity contribution in [2.45, 2.75) is 39.7 Å². The van der Waals surface area contributed by atoms with Crippen molar-refractivity contribution in [1.82, 2.24) is 4.98 Å². The Hall–Kier alpha value is -3.29. The topological polar surface area (TPSA) is 104 Å². The fraction of sp³-hybridized carbons (Fsp3) is 0.409. The molecule has 0 radical (unpaired) electrons. The number of carbonyl (C=O) groups is 3. The van der Waals surface area contributed by atoms with Gasteiger partial charge in [0.05, 0.1) is 32.1 Å². The van der Waals surface area contributed by atoms with Crippen LogP contribution >= 0.6 is 0 Å². The fourth-order valence-electron chi connectivity index (χ4n) is 3.00. The summed E-state index contributed by atoms with van der Waals surface area (Å²) in [5.41, 5.74) is 1.54. The van der Waals surface area contributed by atoms with Gasteiger partial charge in [-0.15, -0.1) is 0 Å². The number of ketones is 1. The highest BCUT2D eigenvalue weighted by atomic mass is 16.5. The van der Waals surface area contributed by atoms with E-state index in [9.17, 15) is 14.4 Å². The minimum atomic E-state index is -0.984.